The van der Waals surface area contributed by atoms with Crippen LogP contribution in [-0.2, 0) is 12.8 Å². The van der Waals surface area contributed by atoms with Crippen LogP contribution < -0.4 is 0 Å². The Kier molecular flexibility index (Phi) is 3.15. The highest BCUT2D eigenvalue weighted by molar-refractivity contribution is 7.99. The molecule has 2 N–H and O–H groups in total. The van der Waals surface area contributed by atoms with E-state index in [0.717, 1.165) is 45.7 Å². The molecule has 3 nitrogen and oxygen atoms in total. The molecule has 2 aromatic rings. The maximum absolute atomic E-state index is 12.2. The van der Waals surface area contributed by atoms with Gasteiger partial charge in [0.2, 0.25) is 0 Å². The lowest BCUT2D eigenvalue weighted by Crippen LogP contribution is -2.02. The summed E-state index contributed by atoms with van der Waals surface area (Å²) in [5.74, 6) is 0.710. The second kappa shape index (κ2) is 5.06. The van der Waals surface area contributed by atoms with Gasteiger partial charge in [-0.1, -0.05) is 17.8 Å². The minimum atomic E-state index is 0.0766. The highest BCUT2D eigenvalue weighted by Gasteiger charge is 2.30. The van der Waals surface area contributed by atoms with Gasteiger partial charge in [-0.15, -0.1) is 0 Å². The molecule has 0 atom stereocenters. The molecule has 0 radical (unpaired) electrons. The molecule has 4 heteroatoms. The van der Waals surface area contributed by atoms with E-state index in [1.54, 1.807) is 17.8 Å². The van der Waals surface area contributed by atoms with Crippen LogP contribution in [0.25, 0.3) is 0 Å². The maximum atomic E-state index is 12.2. The van der Waals surface area contributed by atoms with Crippen LogP contribution in [0.2, 0.25) is 0 Å². The minimum Gasteiger partial charge on any atom is -0.508 e. The highest BCUT2D eigenvalue weighted by Crippen LogP contribution is 2.43. The van der Waals surface area contributed by atoms with Gasteiger partial charge < -0.3 is 10.2 Å². The molecule has 0 aromatic heterocycles. The van der Waals surface area contributed by atoms with Crippen LogP contribution >= 0.6 is 11.8 Å². The number of phenols is 2. The second-order valence-corrected chi connectivity index (χ2v) is 7.09. The number of fused-ring (bicyclic) bond motifs is 2. The predicted molar refractivity (Wildman–Crippen MR) is 84.8 cm³/mol. The van der Waals surface area contributed by atoms with Crippen molar-refractivity contribution >= 4 is 17.5 Å². The number of phenolic OH excluding ortho intramolecular Hbond substituents is 2. The number of carbonyl (C=O) groups excluding carboxylic acids is 1. The molecular weight excluding hydrogens is 296 g/mol. The standard InChI is InChI=1S/C18H16O3S/c19-13-8-15(20)14-5-3-11-7-12(18(21)10-1-2-10)4-6-16(11)22-17(14)9-13/h4,6-10,19-20H,1-3,5H2. The van der Waals surface area contributed by atoms with Gasteiger partial charge in [0, 0.05) is 32.9 Å². The van der Waals surface area contributed by atoms with Crippen molar-refractivity contribution in [2.45, 2.75) is 35.5 Å². The van der Waals surface area contributed by atoms with Gasteiger partial charge in [0.15, 0.2) is 5.78 Å². The molecule has 112 valence electrons. The summed E-state index contributed by atoms with van der Waals surface area (Å²) in [6.45, 7) is 0. The van der Waals surface area contributed by atoms with Gasteiger partial charge in [0.25, 0.3) is 0 Å². The Morgan fingerprint density at radius 2 is 1.86 bits per heavy atom. The number of rotatable bonds is 2. The molecular formula is C18H16O3S. The first-order chi connectivity index (χ1) is 10.6. The van der Waals surface area contributed by atoms with Crippen LogP contribution in [0.4, 0.5) is 0 Å². The lowest BCUT2D eigenvalue weighted by molar-refractivity contribution is 0.0967. The molecule has 2 aliphatic rings. The predicted octanol–water partition coefficient (Wildman–Crippen LogP) is 3.94. The first-order valence-electron chi connectivity index (χ1n) is 7.51. The summed E-state index contributed by atoms with van der Waals surface area (Å²) in [4.78, 5) is 14.2. The van der Waals surface area contributed by atoms with Crippen LogP contribution in [0.15, 0.2) is 40.1 Å². The average Bonchev–Trinajstić information content (AvgIpc) is 3.31. The number of hydrogen-bond donors (Lipinski definition) is 2. The Balaban J connectivity index is 1.72. The summed E-state index contributed by atoms with van der Waals surface area (Å²) in [5, 5.41) is 19.7. The van der Waals surface area contributed by atoms with Gasteiger partial charge in [-0.2, -0.15) is 0 Å². The van der Waals surface area contributed by atoms with E-state index in [1.807, 2.05) is 18.2 Å². The molecule has 1 saturated carbocycles. The van der Waals surface area contributed by atoms with E-state index in [0.29, 0.717) is 6.42 Å². The van der Waals surface area contributed by atoms with E-state index in [1.165, 1.54) is 6.07 Å². The zero-order valence-corrected chi connectivity index (χ0v) is 12.8. The van der Waals surface area contributed by atoms with Crippen molar-refractivity contribution in [3.05, 3.63) is 47.0 Å². The monoisotopic (exact) mass is 312 g/mol. The van der Waals surface area contributed by atoms with Gasteiger partial charge in [0.05, 0.1) is 0 Å². The highest BCUT2D eigenvalue weighted by atomic mass is 32.2. The van der Waals surface area contributed by atoms with Gasteiger partial charge in [-0.05, 0) is 49.4 Å². The number of aryl methyl sites for hydroxylation is 1. The molecule has 0 spiro atoms. The summed E-state index contributed by atoms with van der Waals surface area (Å²) in [7, 11) is 0. The van der Waals surface area contributed by atoms with Gasteiger partial charge >= 0.3 is 0 Å². The van der Waals surface area contributed by atoms with Crippen molar-refractivity contribution in [2.24, 2.45) is 5.92 Å². The first-order valence-corrected chi connectivity index (χ1v) is 8.33. The van der Waals surface area contributed by atoms with Crippen LogP contribution in [0.5, 0.6) is 11.5 Å². The normalized spacial score (nSPS) is 16.5. The lowest BCUT2D eigenvalue weighted by Gasteiger charge is -2.08. The number of carbonyl (C=O) groups is 1. The van der Waals surface area contributed by atoms with Crippen molar-refractivity contribution in [1.29, 1.82) is 0 Å². The third kappa shape index (κ3) is 2.37. The molecule has 2 aromatic carbocycles. The van der Waals surface area contributed by atoms with E-state index < -0.39 is 0 Å². The molecule has 1 heterocycles. The Morgan fingerprint density at radius 1 is 1.05 bits per heavy atom. The maximum Gasteiger partial charge on any atom is 0.165 e. The second-order valence-electron chi connectivity index (χ2n) is 6.00. The molecule has 0 bridgehead atoms. The number of hydrogen-bond acceptors (Lipinski definition) is 4. The number of Topliss-reactive ketones (excluding diaryl/α,β-unsaturated/α-hetero) is 1. The van der Waals surface area contributed by atoms with E-state index in [9.17, 15) is 15.0 Å². The summed E-state index contributed by atoms with van der Waals surface area (Å²) in [6.07, 6.45) is 3.54. The number of benzene rings is 2. The van der Waals surface area contributed by atoms with Crippen LogP contribution in [-0.4, -0.2) is 16.0 Å². The molecule has 0 unspecified atom stereocenters. The van der Waals surface area contributed by atoms with E-state index >= 15 is 0 Å². The molecule has 1 aliphatic carbocycles. The Bertz CT molecular complexity index is 778. The van der Waals surface area contributed by atoms with E-state index in [2.05, 4.69) is 0 Å². The molecule has 1 aliphatic heterocycles. The lowest BCUT2D eigenvalue weighted by atomic mass is 9.99. The first kappa shape index (κ1) is 13.7. The van der Waals surface area contributed by atoms with Crippen molar-refractivity contribution in [1.82, 2.24) is 0 Å². The van der Waals surface area contributed by atoms with Gasteiger partial charge in [-0.25, -0.2) is 0 Å². The fraction of sp³-hybridized carbons (Fsp3) is 0.278. The Morgan fingerprint density at radius 3 is 2.64 bits per heavy atom. The molecule has 1 fully saturated rings. The van der Waals surface area contributed by atoms with Crippen molar-refractivity contribution < 1.29 is 15.0 Å². The summed E-state index contributed by atoms with van der Waals surface area (Å²) < 4.78 is 0. The minimum absolute atomic E-state index is 0.0766. The largest absolute Gasteiger partial charge is 0.508 e. The van der Waals surface area contributed by atoms with Crippen LogP contribution in [0.3, 0.4) is 0 Å². The van der Waals surface area contributed by atoms with Crippen molar-refractivity contribution in [3.63, 3.8) is 0 Å². The smallest absolute Gasteiger partial charge is 0.165 e. The summed E-state index contributed by atoms with van der Waals surface area (Å²) in [6, 6.07) is 8.98. The van der Waals surface area contributed by atoms with Gasteiger partial charge in [0.1, 0.15) is 11.5 Å². The third-order valence-electron chi connectivity index (χ3n) is 4.33. The Hall–Kier alpha value is -1.94. The van der Waals surface area contributed by atoms with E-state index in [-0.39, 0.29) is 23.2 Å². The fourth-order valence-electron chi connectivity index (χ4n) is 2.95. The Labute approximate surface area is 133 Å². The quantitative estimate of drug-likeness (QED) is 0.825. The average molecular weight is 312 g/mol. The van der Waals surface area contributed by atoms with Gasteiger partial charge in [-0.3, -0.25) is 4.79 Å². The fourth-order valence-corrected chi connectivity index (χ4v) is 4.12. The molecule has 0 saturated heterocycles. The van der Waals surface area contributed by atoms with E-state index in [4.69, 9.17) is 0 Å². The number of ketones is 1. The SMILES string of the molecule is O=C(c1ccc2c(c1)CCc1c(O)cc(O)cc1S2)C1CC1. The van der Waals surface area contributed by atoms with Crippen LogP contribution in [0.1, 0.15) is 34.3 Å². The zero-order valence-electron chi connectivity index (χ0n) is 12.0. The molecule has 0 amide bonds. The zero-order chi connectivity index (χ0) is 15.3. The van der Waals surface area contributed by atoms with Crippen LogP contribution in [0, 0.1) is 5.92 Å². The third-order valence-corrected chi connectivity index (χ3v) is 5.53. The molecule has 22 heavy (non-hydrogen) atoms. The topological polar surface area (TPSA) is 57.5 Å². The summed E-state index contributed by atoms with van der Waals surface area (Å²) in [5.41, 5.74) is 2.82. The van der Waals surface area contributed by atoms with Crippen molar-refractivity contribution in [3.8, 4) is 11.5 Å². The molecule has 4 rings (SSSR count). The van der Waals surface area contributed by atoms with Crippen molar-refractivity contribution in [2.75, 3.05) is 0 Å². The summed E-state index contributed by atoms with van der Waals surface area (Å²) >= 11 is 1.54. The number of aromatic hydroxyl groups is 2.